The quantitative estimate of drug-likeness (QED) is 0.221. The summed E-state index contributed by atoms with van der Waals surface area (Å²) in [5.74, 6) is -2.78. The molecule has 0 heterocycles. The fraction of sp³-hybridized carbons (Fsp3) is 0.850. The number of carbonyl (C=O) groups excluding carboxylic acids is 3. The maximum Gasteiger partial charge on any atom is 0.320 e. The molecule has 0 aromatic heterocycles. The molecule has 26 heavy (non-hydrogen) atoms. The zero-order valence-corrected chi connectivity index (χ0v) is 16.4. The molecule has 0 amide bonds. The van der Waals surface area contributed by atoms with Gasteiger partial charge in [0, 0.05) is 5.97 Å². The van der Waals surface area contributed by atoms with Gasteiger partial charge in [0.15, 0.2) is 5.92 Å². The number of unbranched alkanes of at least 4 members (excludes halogenated alkanes) is 11. The minimum absolute atomic E-state index is 0.181. The molecule has 0 spiro atoms. The summed E-state index contributed by atoms with van der Waals surface area (Å²) < 4.78 is 9.28. The number of methoxy groups -OCH3 is 2. The molecule has 0 saturated carbocycles. The van der Waals surface area contributed by atoms with Gasteiger partial charge in [0.25, 0.3) is 0 Å². The Morgan fingerprint density at radius 3 is 1.35 bits per heavy atom. The lowest BCUT2D eigenvalue weighted by Gasteiger charge is -2.11. The Balaban J connectivity index is 3.43. The summed E-state index contributed by atoms with van der Waals surface area (Å²) in [5.41, 5.74) is 0. The smallest absolute Gasteiger partial charge is 0.320 e. The molecule has 6 heteroatoms. The molecule has 0 N–H and O–H groups in total. The highest BCUT2D eigenvalue weighted by atomic mass is 16.5. The van der Waals surface area contributed by atoms with Gasteiger partial charge in [-0.3, -0.25) is 9.59 Å². The Morgan fingerprint density at radius 2 is 1.00 bits per heavy atom. The van der Waals surface area contributed by atoms with Gasteiger partial charge in [0.2, 0.25) is 0 Å². The van der Waals surface area contributed by atoms with Gasteiger partial charge in [-0.25, -0.2) is 0 Å². The van der Waals surface area contributed by atoms with Crippen LogP contribution in [0.15, 0.2) is 0 Å². The van der Waals surface area contributed by atoms with Crippen LogP contribution in [0, 0.1) is 5.92 Å². The fourth-order valence-electron chi connectivity index (χ4n) is 3.00. The summed E-state index contributed by atoms with van der Waals surface area (Å²) in [4.78, 5) is 33.3. The highest BCUT2D eigenvalue weighted by Crippen LogP contribution is 2.16. The van der Waals surface area contributed by atoms with Crippen LogP contribution in [-0.2, 0) is 23.9 Å². The first kappa shape index (κ1) is 24.4. The van der Waals surface area contributed by atoms with Crippen LogP contribution in [0.25, 0.3) is 0 Å². The highest BCUT2D eigenvalue weighted by Gasteiger charge is 2.27. The summed E-state index contributed by atoms with van der Waals surface area (Å²) >= 11 is 0. The number of hydrogen-bond acceptors (Lipinski definition) is 6. The highest BCUT2D eigenvalue weighted by molar-refractivity contribution is 5.94. The Hall–Kier alpha value is -1.59. The van der Waals surface area contributed by atoms with Crippen LogP contribution >= 0.6 is 0 Å². The summed E-state index contributed by atoms with van der Waals surface area (Å²) in [6.07, 6.45) is 13.6. The number of carbonyl (C=O) groups is 3. The van der Waals surface area contributed by atoms with Crippen LogP contribution < -0.4 is 5.11 Å². The SMILES string of the molecule is COC(=O)C(CCCCCCCCCCCCCCC(=O)[O-])C(=O)OC. The molecule has 0 rings (SSSR count). The normalized spacial score (nSPS) is 10.7. The maximum atomic E-state index is 11.5. The zero-order chi connectivity index (χ0) is 19.6. The third-order valence-corrected chi connectivity index (χ3v) is 4.60. The lowest BCUT2D eigenvalue weighted by Crippen LogP contribution is -2.26. The third-order valence-electron chi connectivity index (χ3n) is 4.60. The van der Waals surface area contributed by atoms with Crippen molar-refractivity contribution in [3.63, 3.8) is 0 Å². The molecule has 0 radical (unpaired) electrons. The summed E-state index contributed by atoms with van der Waals surface area (Å²) in [6, 6.07) is 0. The molecular weight excluding hydrogens is 336 g/mol. The number of carboxylic acids is 1. The molecule has 0 aliphatic carbocycles. The van der Waals surface area contributed by atoms with Crippen molar-refractivity contribution in [1.82, 2.24) is 0 Å². The first-order valence-corrected chi connectivity index (χ1v) is 9.88. The second kappa shape index (κ2) is 16.9. The monoisotopic (exact) mass is 371 g/mol. The van der Waals surface area contributed by atoms with Gasteiger partial charge in [-0.15, -0.1) is 0 Å². The molecule has 0 aromatic rings. The molecule has 0 aliphatic heterocycles. The second-order valence-corrected chi connectivity index (χ2v) is 6.75. The Morgan fingerprint density at radius 1 is 0.654 bits per heavy atom. The molecule has 6 nitrogen and oxygen atoms in total. The van der Waals surface area contributed by atoms with E-state index in [0.29, 0.717) is 6.42 Å². The number of ether oxygens (including phenoxy) is 2. The van der Waals surface area contributed by atoms with Crippen molar-refractivity contribution in [3.05, 3.63) is 0 Å². The summed E-state index contributed by atoms with van der Waals surface area (Å²) in [5, 5.41) is 10.3. The van der Waals surface area contributed by atoms with E-state index in [1.54, 1.807) is 0 Å². The van der Waals surface area contributed by atoms with Crippen molar-refractivity contribution in [2.24, 2.45) is 5.92 Å². The van der Waals surface area contributed by atoms with Gasteiger partial charge in [-0.05, 0) is 19.3 Å². The van der Waals surface area contributed by atoms with Crippen molar-refractivity contribution in [2.45, 2.75) is 89.9 Å². The molecule has 0 fully saturated rings. The van der Waals surface area contributed by atoms with Crippen molar-refractivity contribution in [3.8, 4) is 0 Å². The van der Waals surface area contributed by atoms with Gasteiger partial charge in [0.1, 0.15) is 0 Å². The van der Waals surface area contributed by atoms with Gasteiger partial charge >= 0.3 is 11.9 Å². The van der Waals surface area contributed by atoms with Crippen molar-refractivity contribution in [1.29, 1.82) is 0 Å². The van der Waals surface area contributed by atoms with Crippen LogP contribution in [-0.4, -0.2) is 32.1 Å². The predicted octanol–water partition coefficient (Wildman–Crippen LogP) is 3.16. The number of hydrogen-bond donors (Lipinski definition) is 0. The average molecular weight is 371 g/mol. The van der Waals surface area contributed by atoms with Gasteiger partial charge in [-0.2, -0.15) is 0 Å². The molecular formula is C20H35O6-. The molecule has 0 aromatic carbocycles. The third kappa shape index (κ3) is 13.7. The van der Waals surface area contributed by atoms with E-state index < -0.39 is 23.8 Å². The van der Waals surface area contributed by atoms with Crippen molar-refractivity contribution in [2.75, 3.05) is 14.2 Å². The van der Waals surface area contributed by atoms with E-state index in [2.05, 4.69) is 9.47 Å². The van der Waals surface area contributed by atoms with E-state index in [1.807, 2.05) is 0 Å². The summed E-state index contributed by atoms with van der Waals surface area (Å²) in [6.45, 7) is 0. The van der Waals surface area contributed by atoms with E-state index in [0.717, 1.165) is 38.5 Å². The minimum atomic E-state index is -0.948. The van der Waals surface area contributed by atoms with Crippen LogP contribution in [0.5, 0.6) is 0 Å². The summed E-state index contributed by atoms with van der Waals surface area (Å²) in [7, 11) is 2.57. The molecule has 0 aliphatic rings. The molecule has 0 atom stereocenters. The van der Waals surface area contributed by atoms with Crippen LogP contribution in [0.2, 0.25) is 0 Å². The van der Waals surface area contributed by atoms with Gasteiger partial charge in [0.05, 0.1) is 14.2 Å². The van der Waals surface area contributed by atoms with E-state index in [-0.39, 0.29) is 6.42 Å². The topological polar surface area (TPSA) is 92.7 Å². The number of rotatable bonds is 17. The van der Waals surface area contributed by atoms with E-state index >= 15 is 0 Å². The molecule has 0 unspecified atom stereocenters. The molecule has 0 bridgehead atoms. The fourth-order valence-corrected chi connectivity index (χ4v) is 3.00. The lowest BCUT2D eigenvalue weighted by molar-refractivity contribution is -0.305. The van der Waals surface area contributed by atoms with Gasteiger partial charge < -0.3 is 19.4 Å². The van der Waals surface area contributed by atoms with Crippen LogP contribution in [0.4, 0.5) is 0 Å². The largest absolute Gasteiger partial charge is 0.550 e. The standard InChI is InChI=1S/C20H36O6/c1-25-19(23)17(20(24)26-2)15-13-11-9-7-5-3-4-6-8-10-12-14-16-18(21)22/h17H,3-16H2,1-2H3,(H,21,22)/p-1. The molecule has 0 saturated heterocycles. The van der Waals surface area contributed by atoms with Crippen LogP contribution in [0.1, 0.15) is 89.9 Å². The van der Waals surface area contributed by atoms with Gasteiger partial charge in [-0.1, -0.05) is 70.6 Å². The first-order valence-electron chi connectivity index (χ1n) is 9.88. The first-order chi connectivity index (χ1) is 12.5. The van der Waals surface area contributed by atoms with Crippen molar-refractivity contribution >= 4 is 17.9 Å². The van der Waals surface area contributed by atoms with Crippen LogP contribution in [0.3, 0.4) is 0 Å². The van der Waals surface area contributed by atoms with E-state index in [9.17, 15) is 19.5 Å². The second-order valence-electron chi connectivity index (χ2n) is 6.75. The lowest BCUT2D eigenvalue weighted by atomic mass is 10.00. The number of esters is 2. The predicted molar refractivity (Wildman–Crippen MR) is 97.2 cm³/mol. The Bertz CT molecular complexity index is 378. The van der Waals surface area contributed by atoms with Crippen molar-refractivity contribution < 1.29 is 29.0 Å². The number of carboxylic acid groups (broad SMARTS) is 1. The number of aliphatic carboxylic acids is 1. The molecule has 152 valence electrons. The Labute approximate surface area is 157 Å². The zero-order valence-electron chi connectivity index (χ0n) is 16.4. The average Bonchev–Trinajstić information content (AvgIpc) is 2.63. The maximum absolute atomic E-state index is 11.5. The van der Waals surface area contributed by atoms with E-state index in [4.69, 9.17) is 0 Å². The Kier molecular flexibility index (Phi) is 15.8. The van der Waals surface area contributed by atoms with E-state index in [1.165, 1.54) is 52.7 Å². The minimum Gasteiger partial charge on any atom is -0.550 e.